The lowest BCUT2D eigenvalue weighted by Gasteiger charge is -2.71. The average molecular weight is 583 g/mol. The molecule has 0 unspecified atom stereocenters. The van der Waals surface area contributed by atoms with Crippen molar-refractivity contribution < 1.29 is 14.6 Å². The average Bonchev–Trinajstić information content (AvgIpc) is 2.94. The fourth-order valence-corrected chi connectivity index (χ4v) is 12.3. The second-order valence-electron chi connectivity index (χ2n) is 17.5. The van der Waals surface area contributed by atoms with Crippen molar-refractivity contribution in [1.82, 2.24) is 9.80 Å². The number of hydrogen-bond donors (Lipinski definition) is 1. The van der Waals surface area contributed by atoms with Gasteiger partial charge in [0.15, 0.2) is 0 Å². The molecule has 6 aliphatic rings. The van der Waals surface area contributed by atoms with Crippen LogP contribution in [0.1, 0.15) is 106 Å². The number of nitrogens with zero attached hydrogens (tertiary/aromatic N) is 2. The van der Waals surface area contributed by atoms with E-state index in [0.717, 1.165) is 77.7 Å². The SMILES string of the molecule is C[C@H]1[C@H](C)CC[C@]2(C(=O)OCCN3CCN(C)CC3)CC[C@]3(C)C(=CC[C@@H]4[C@@]5(C)CC[C@H](O)C(C)(C)[C@@H]5CC[C@]43C)[C@H]12. The van der Waals surface area contributed by atoms with Gasteiger partial charge in [0.05, 0.1) is 11.5 Å². The Bertz CT molecular complexity index is 1080. The van der Waals surface area contributed by atoms with Crippen LogP contribution in [0.4, 0.5) is 0 Å². The van der Waals surface area contributed by atoms with Crippen LogP contribution >= 0.6 is 0 Å². The first-order valence-corrected chi connectivity index (χ1v) is 17.7. The zero-order chi connectivity index (χ0) is 30.3. The van der Waals surface area contributed by atoms with Crippen LogP contribution in [0, 0.1) is 56.7 Å². The van der Waals surface area contributed by atoms with Crippen LogP contribution < -0.4 is 0 Å². The lowest BCUT2D eigenvalue weighted by Crippen LogP contribution is -2.65. The Morgan fingerprint density at radius 3 is 2.36 bits per heavy atom. The summed E-state index contributed by atoms with van der Waals surface area (Å²) in [6.45, 7) is 23.1. The zero-order valence-corrected chi connectivity index (χ0v) is 28.3. The van der Waals surface area contributed by atoms with E-state index in [0.29, 0.717) is 36.2 Å². The molecule has 1 saturated heterocycles. The highest BCUT2D eigenvalue weighted by molar-refractivity contribution is 5.79. The summed E-state index contributed by atoms with van der Waals surface area (Å²) in [5.41, 5.74) is 1.83. The Balaban J connectivity index is 1.29. The van der Waals surface area contributed by atoms with Crippen molar-refractivity contribution in [3.63, 3.8) is 0 Å². The largest absolute Gasteiger partial charge is 0.464 e. The first-order valence-electron chi connectivity index (χ1n) is 17.7. The minimum atomic E-state index is -0.360. The molecule has 0 aromatic rings. The molecule has 0 aromatic heterocycles. The highest BCUT2D eigenvalue weighted by atomic mass is 16.5. The number of allylic oxidation sites excluding steroid dienone is 2. The van der Waals surface area contributed by atoms with E-state index < -0.39 is 0 Å². The lowest BCUT2D eigenvalue weighted by atomic mass is 9.33. The van der Waals surface area contributed by atoms with E-state index in [9.17, 15) is 9.90 Å². The summed E-state index contributed by atoms with van der Waals surface area (Å²) < 4.78 is 6.27. The normalized spacial score (nSPS) is 49.1. The number of fused-ring (bicyclic) bond motifs is 7. The van der Waals surface area contributed by atoms with E-state index in [1.54, 1.807) is 5.57 Å². The smallest absolute Gasteiger partial charge is 0.312 e. The van der Waals surface area contributed by atoms with Crippen LogP contribution in [-0.4, -0.2) is 73.4 Å². The summed E-state index contributed by atoms with van der Waals surface area (Å²) in [5.74, 6) is 2.72. The van der Waals surface area contributed by atoms with Crippen LogP contribution in [0.2, 0.25) is 0 Å². The van der Waals surface area contributed by atoms with Crippen LogP contribution in [0.5, 0.6) is 0 Å². The van der Waals surface area contributed by atoms with Gasteiger partial charge in [0, 0.05) is 32.7 Å². The Morgan fingerprint density at radius 2 is 1.64 bits per heavy atom. The second kappa shape index (κ2) is 10.6. The molecular weight excluding hydrogens is 520 g/mol. The molecule has 1 heterocycles. The Morgan fingerprint density at radius 1 is 0.929 bits per heavy atom. The lowest BCUT2D eigenvalue weighted by molar-refractivity contribution is -0.207. The number of piperazine rings is 1. The topological polar surface area (TPSA) is 53.0 Å². The molecule has 238 valence electrons. The van der Waals surface area contributed by atoms with Crippen molar-refractivity contribution in [2.45, 2.75) is 112 Å². The van der Waals surface area contributed by atoms with E-state index in [4.69, 9.17) is 4.74 Å². The maximum Gasteiger partial charge on any atom is 0.312 e. The Kier molecular flexibility index (Phi) is 7.83. The summed E-state index contributed by atoms with van der Waals surface area (Å²) in [7, 11) is 2.19. The van der Waals surface area contributed by atoms with Gasteiger partial charge in [-0.25, -0.2) is 0 Å². The number of esters is 1. The highest BCUT2D eigenvalue weighted by Gasteiger charge is 2.69. The van der Waals surface area contributed by atoms with Crippen LogP contribution in [0.15, 0.2) is 11.6 Å². The minimum absolute atomic E-state index is 0.0257. The van der Waals surface area contributed by atoms with Crippen LogP contribution in [0.3, 0.4) is 0 Å². The summed E-state index contributed by atoms with van der Waals surface area (Å²) >= 11 is 0. The predicted molar refractivity (Wildman–Crippen MR) is 170 cm³/mol. The van der Waals surface area contributed by atoms with Gasteiger partial charge >= 0.3 is 5.97 Å². The Hall–Kier alpha value is -0.910. The van der Waals surface area contributed by atoms with Crippen LogP contribution in [-0.2, 0) is 9.53 Å². The molecule has 0 aromatic carbocycles. The molecule has 10 atom stereocenters. The standard InChI is InChI=1S/C37H62N2O3/c1-25-11-16-37(32(41)42-24-23-39-21-19-38(8)20-22-39)18-17-35(6)27(31(37)26(25)2)9-10-29-34(5)14-13-30(40)33(3,4)28(34)12-15-36(29,35)7/h9,25-26,28-31,40H,10-24H2,1-8H3/t25-,26+,28+,29-,30+,31+,34+,35-,36-,37+/m1/s1. The van der Waals surface area contributed by atoms with Gasteiger partial charge in [-0.3, -0.25) is 9.69 Å². The molecule has 1 N–H and O–H groups in total. The number of hydrogen-bond acceptors (Lipinski definition) is 5. The maximum atomic E-state index is 14.3. The number of likely N-dealkylation sites (N-methyl/N-ethyl adjacent to an activating group) is 1. The van der Waals surface area contributed by atoms with E-state index in [1.165, 1.54) is 12.8 Å². The molecule has 1 aliphatic heterocycles. The molecule has 0 spiro atoms. The quantitative estimate of drug-likeness (QED) is 0.292. The summed E-state index contributed by atoms with van der Waals surface area (Å²) in [6.07, 6.45) is 12.3. The van der Waals surface area contributed by atoms with Gasteiger partial charge in [0.25, 0.3) is 0 Å². The monoisotopic (exact) mass is 582 g/mol. The number of aliphatic hydroxyl groups excluding tert-OH is 1. The van der Waals surface area contributed by atoms with Gasteiger partial charge in [-0.1, -0.05) is 60.1 Å². The van der Waals surface area contributed by atoms with Crippen LogP contribution in [0.25, 0.3) is 0 Å². The molecule has 42 heavy (non-hydrogen) atoms. The molecule has 0 bridgehead atoms. The van der Waals surface area contributed by atoms with Gasteiger partial charge in [0.2, 0.25) is 0 Å². The maximum absolute atomic E-state index is 14.3. The fourth-order valence-electron chi connectivity index (χ4n) is 12.3. The zero-order valence-electron chi connectivity index (χ0n) is 28.3. The fraction of sp³-hybridized carbons (Fsp3) is 0.919. The van der Waals surface area contributed by atoms with E-state index in [1.807, 2.05) is 0 Å². The van der Waals surface area contributed by atoms with Crippen molar-refractivity contribution >= 4 is 5.97 Å². The Labute approximate surface area is 257 Å². The molecule has 6 rings (SSSR count). The summed E-state index contributed by atoms with van der Waals surface area (Å²) in [4.78, 5) is 19.1. The van der Waals surface area contributed by atoms with Crippen molar-refractivity contribution in [3.05, 3.63) is 11.6 Å². The van der Waals surface area contributed by atoms with Gasteiger partial charge < -0.3 is 14.7 Å². The first kappa shape index (κ1) is 31.1. The third-order valence-electron chi connectivity index (χ3n) is 15.6. The molecule has 4 saturated carbocycles. The van der Waals surface area contributed by atoms with E-state index >= 15 is 0 Å². The first-order chi connectivity index (χ1) is 19.7. The third-order valence-corrected chi connectivity index (χ3v) is 15.6. The number of carbonyl (C=O) groups is 1. The van der Waals surface area contributed by atoms with Crippen molar-refractivity contribution in [2.75, 3.05) is 46.4 Å². The number of aliphatic hydroxyl groups is 1. The molecule has 5 heteroatoms. The van der Waals surface area contributed by atoms with E-state index in [-0.39, 0.29) is 39.1 Å². The number of carbonyl (C=O) groups excluding carboxylic acids is 1. The third kappa shape index (κ3) is 4.36. The summed E-state index contributed by atoms with van der Waals surface area (Å²) in [5, 5.41) is 11.0. The molecule has 0 radical (unpaired) electrons. The van der Waals surface area contributed by atoms with Gasteiger partial charge in [-0.05, 0) is 116 Å². The van der Waals surface area contributed by atoms with Gasteiger partial charge in [-0.2, -0.15) is 0 Å². The van der Waals surface area contributed by atoms with Crippen molar-refractivity contribution in [2.24, 2.45) is 56.7 Å². The highest BCUT2D eigenvalue weighted by Crippen LogP contribution is 2.75. The van der Waals surface area contributed by atoms with Crippen molar-refractivity contribution in [3.8, 4) is 0 Å². The van der Waals surface area contributed by atoms with Crippen molar-refractivity contribution in [1.29, 1.82) is 0 Å². The predicted octanol–water partition coefficient (Wildman–Crippen LogP) is 6.80. The minimum Gasteiger partial charge on any atom is -0.464 e. The number of rotatable bonds is 4. The molecule has 5 nitrogen and oxygen atoms in total. The van der Waals surface area contributed by atoms with E-state index in [2.05, 4.69) is 71.4 Å². The summed E-state index contributed by atoms with van der Waals surface area (Å²) in [6, 6.07) is 0. The number of ether oxygens (including phenoxy) is 1. The molecular formula is C37H62N2O3. The molecule has 5 aliphatic carbocycles. The second-order valence-corrected chi connectivity index (χ2v) is 17.5. The molecule has 0 amide bonds. The molecule has 5 fully saturated rings. The van der Waals surface area contributed by atoms with Gasteiger partial charge in [0.1, 0.15) is 6.61 Å². The van der Waals surface area contributed by atoms with Gasteiger partial charge in [-0.15, -0.1) is 0 Å².